The largest absolute Gasteiger partial charge is 0.398 e. The highest BCUT2D eigenvalue weighted by atomic mass is 32.2. The topological polar surface area (TPSA) is 80.4 Å². The van der Waals surface area contributed by atoms with E-state index in [2.05, 4.69) is 0 Å². The van der Waals surface area contributed by atoms with Crippen molar-refractivity contribution in [1.82, 2.24) is 0 Å². The number of rotatable bonds is 1. The first-order chi connectivity index (χ1) is 8.98. The maximum absolute atomic E-state index is 11.5. The Morgan fingerprint density at radius 3 is 2.26 bits per heavy atom. The Kier molecular flexibility index (Phi) is 2.48. The van der Waals surface area contributed by atoms with Crippen molar-refractivity contribution in [1.29, 1.82) is 0 Å². The van der Waals surface area contributed by atoms with Crippen LogP contribution in [0.4, 0.5) is 5.69 Å². The van der Waals surface area contributed by atoms with E-state index < -0.39 is 10.1 Å². The molecule has 0 fully saturated rings. The second kappa shape index (κ2) is 3.94. The lowest BCUT2D eigenvalue weighted by Gasteiger charge is -2.09. The van der Waals surface area contributed by atoms with Gasteiger partial charge in [0.25, 0.3) is 10.1 Å². The van der Waals surface area contributed by atoms with Gasteiger partial charge < -0.3 is 5.73 Å². The van der Waals surface area contributed by atoms with Crippen molar-refractivity contribution in [2.24, 2.45) is 0 Å². The molecule has 0 aliphatic heterocycles. The third kappa shape index (κ3) is 1.83. The highest BCUT2D eigenvalue weighted by Crippen LogP contribution is 2.33. The Balaban J connectivity index is 2.59. The Morgan fingerprint density at radius 2 is 1.53 bits per heavy atom. The molecule has 3 rings (SSSR count). The SMILES string of the molecule is Nc1ccc2c(ccc3ccccc32)c1S(=O)(=O)O. The van der Waals surface area contributed by atoms with Crippen molar-refractivity contribution in [2.45, 2.75) is 4.90 Å². The Hall–Kier alpha value is -2.11. The maximum Gasteiger partial charge on any atom is 0.297 e. The van der Waals surface area contributed by atoms with Crippen LogP contribution in [-0.4, -0.2) is 13.0 Å². The van der Waals surface area contributed by atoms with E-state index in [1.807, 2.05) is 30.3 Å². The van der Waals surface area contributed by atoms with E-state index in [1.54, 1.807) is 12.1 Å². The summed E-state index contributed by atoms with van der Waals surface area (Å²) in [6.45, 7) is 0. The van der Waals surface area contributed by atoms with Crippen LogP contribution in [0, 0.1) is 0 Å². The zero-order chi connectivity index (χ0) is 13.6. The quantitative estimate of drug-likeness (QED) is 0.406. The number of benzene rings is 3. The molecular weight excluding hydrogens is 262 g/mol. The predicted octanol–water partition coefficient (Wildman–Crippen LogP) is 2.82. The van der Waals surface area contributed by atoms with Gasteiger partial charge in [0.15, 0.2) is 0 Å². The average molecular weight is 273 g/mol. The van der Waals surface area contributed by atoms with Gasteiger partial charge in [0.1, 0.15) is 4.90 Å². The number of nitrogen functional groups attached to an aromatic ring is 1. The molecule has 0 saturated carbocycles. The van der Waals surface area contributed by atoms with Crippen LogP contribution in [-0.2, 0) is 10.1 Å². The molecule has 0 heterocycles. The standard InChI is InChI=1S/C14H11NO3S/c15-13-8-7-11-10-4-2-1-3-9(10)5-6-12(11)14(13)19(16,17)18/h1-8H,15H2,(H,16,17,18). The summed E-state index contributed by atoms with van der Waals surface area (Å²) in [7, 11) is -4.35. The van der Waals surface area contributed by atoms with Crippen molar-refractivity contribution in [2.75, 3.05) is 5.73 Å². The fourth-order valence-corrected chi connectivity index (χ4v) is 3.19. The fraction of sp³-hybridized carbons (Fsp3) is 0. The number of anilines is 1. The molecule has 0 aliphatic rings. The minimum absolute atomic E-state index is 0.0466. The normalized spacial score (nSPS) is 12.1. The van der Waals surface area contributed by atoms with E-state index in [9.17, 15) is 13.0 Å². The van der Waals surface area contributed by atoms with Crippen LogP contribution < -0.4 is 5.73 Å². The predicted molar refractivity (Wildman–Crippen MR) is 75.7 cm³/mol. The van der Waals surface area contributed by atoms with Gasteiger partial charge in [0.05, 0.1) is 5.69 Å². The third-order valence-corrected chi connectivity index (χ3v) is 4.14. The van der Waals surface area contributed by atoms with Gasteiger partial charge in [-0.25, -0.2) is 0 Å². The summed E-state index contributed by atoms with van der Waals surface area (Å²) in [5.74, 6) is 0. The summed E-state index contributed by atoms with van der Waals surface area (Å²) in [6.07, 6.45) is 0. The molecule has 5 heteroatoms. The molecule has 0 radical (unpaired) electrons. The molecule has 96 valence electrons. The van der Waals surface area contributed by atoms with Crippen LogP contribution in [0.25, 0.3) is 21.5 Å². The molecule has 4 nitrogen and oxygen atoms in total. The summed E-state index contributed by atoms with van der Waals surface area (Å²) < 4.78 is 32.3. The van der Waals surface area contributed by atoms with E-state index in [1.165, 1.54) is 6.07 Å². The van der Waals surface area contributed by atoms with Gasteiger partial charge in [-0.05, 0) is 22.2 Å². The summed E-state index contributed by atoms with van der Waals surface area (Å²) in [5, 5.41) is 3.10. The summed E-state index contributed by atoms with van der Waals surface area (Å²) in [6, 6.07) is 14.4. The number of fused-ring (bicyclic) bond motifs is 3. The van der Waals surface area contributed by atoms with E-state index in [0.717, 1.165) is 16.2 Å². The minimum atomic E-state index is -4.35. The molecule has 0 bridgehead atoms. The van der Waals surface area contributed by atoms with E-state index in [-0.39, 0.29) is 10.6 Å². The van der Waals surface area contributed by atoms with Crippen LogP contribution >= 0.6 is 0 Å². The molecule has 3 aromatic carbocycles. The highest BCUT2D eigenvalue weighted by molar-refractivity contribution is 7.86. The van der Waals surface area contributed by atoms with Crippen LogP contribution in [0.15, 0.2) is 53.4 Å². The molecule has 0 atom stereocenters. The van der Waals surface area contributed by atoms with Gasteiger partial charge in [0.2, 0.25) is 0 Å². The van der Waals surface area contributed by atoms with Gasteiger partial charge >= 0.3 is 0 Å². The number of nitrogens with two attached hydrogens (primary N) is 1. The lowest BCUT2D eigenvalue weighted by Crippen LogP contribution is -2.04. The van der Waals surface area contributed by atoms with Gasteiger partial charge in [-0.2, -0.15) is 8.42 Å². The molecule has 3 aromatic rings. The molecule has 0 amide bonds. The summed E-state index contributed by atoms with van der Waals surface area (Å²) in [4.78, 5) is -0.226. The molecule has 0 spiro atoms. The second-order valence-corrected chi connectivity index (χ2v) is 5.70. The monoisotopic (exact) mass is 273 g/mol. The van der Waals surface area contributed by atoms with Gasteiger partial charge in [-0.3, -0.25) is 4.55 Å². The average Bonchev–Trinajstić information content (AvgIpc) is 2.36. The van der Waals surface area contributed by atoms with Crippen LogP contribution in [0.3, 0.4) is 0 Å². The van der Waals surface area contributed by atoms with Crippen molar-refractivity contribution in [3.8, 4) is 0 Å². The first-order valence-corrected chi connectivity index (χ1v) is 7.10. The van der Waals surface area contributed by atoms with Crippen LogP contribution in [0.2, 0.25) is 0 Å². The lowest BCUT2D eigenvalue weighted by atomic mass is 10.0. The first-order valence-electron chi connectivity index (χ1n) is 5.66. The maximum atomic E-state index is 11.5. The molecular formula is C14H11NO3S. The zero-order valence-electron chi connectivity index (χ0n) is 9.87. The van der Waals surface area contributed by atoms with E-state index in [4.69, 9.17) is 5.73 Å². The molecule has 19 heavy (non-hydrogen) atoms. The smallest absolute Gasteiger partial charge is 0.297 e. The van der Waals surface area contributed by atoms with E-state index >= 15 is 0 Å². The van der Waals surface area contributed by atoms with Crippen molar-refractivity contribution >= 4 is 37.4 Å². The number of hydrogen-bond acceptors (Lipinski definition) is 3. The molecule has 0 aromatic heterocycles. The lowest BCUT2D eigenvalue weighted by molar-refractivity contribution is 0.484. The minimum Gasteiger partial charge on any atom is -0.398 e. The Morgan fingerprint density at radius 1 is 0.842 bits per heavy atom. The van der Waals surface area contributed by atoms with Gasteiger partial charge in [0, 0.05) is 5.39 Å². The van der Waals surface area contributed by atoms with Crippen molar-refractivity contribution in [3.05, 3.63) is 48.5 Å². The van der Waals surface area contributed by atoms with Gasteiger partial charge in [-0.1, -0.05) is 42.5 Å². The molecule has 3 N–H and O–H groups in total. The molecule has 0 saturated heterocycles. The van der Waals surface area contributed by atoms with E-state index in [0.29, 0.717) is 5.39 Å². The molecule has 0 aliphatic carbocycles. The van der Waals surface area contributed by atoms with Crippen molar-refractivity contribution < 1.29 is 13.0 Å². The molecule has 0 unspecified atom stereocenters. The Bertz CT molecular complexity index is 901. The van der Waals surface area contributed by atoms with Crippen molar-refractivity contribution in [3.63, 3.8) is 0 Å². The second-order valence-electron chi connectivity index (χ2n) is 4.34. The number of hydrogen-bond donors (Lipinski definition) is 2. The summed E-state index contributed by atoms with van der Waals surface area (Å²) in [5.41, 5.74) is 5.72. The third-order valence-electron chi connectivity index (χ3n) is 3.17. The zero-order valence-corrected chi connectivity index (χ0v) is 10.7. The highest BCUT2D eigenvalue weighted by Gasteiger charge is 2.18. The van der Waals surface area contributed by atoms with Gasteiger partial charge in [-0.15, -0.1) is 0 Å². The van der Waals surface area contributed by atoms with Crippen LogP contribution in [0.1, 0.15) is 0 Å². The first kappa shape index (κ1) is 12.0. The Labute approximate surface area is 110 Å². The summed E-state index contributed by atoms with van der Waals surface area (Å²) >= 11 is 0. The van der Waals surface area contributed by atoms with Crippen LogP contribution in [0.5, 0.6) is 0 Å². The fourth-order valence-electron chi connectivity index (χ4n) is 2.37.